The molecule has 30 nitrogen and oxygen atoms in total. The standard InChI is InChI=1S/C105H129IO30Si/c1-79(2)137(80(3)4,81(5)6)60-23-92-65-90(74-97(76-92)104(111)135-58-52-129-46-40-123-34-28-117-11)20-19-88-63-86(70-95(72-88)102(109)133-56-50-127-44-38-121-32-26-115-9)16-15-84-61-82(66-93(68-84)100(107)131-54-48-125-42-36-119-30-24-113-7)13-14-83-62-85(69-94(67-83)101(108)132-55-49-126-43-37-120-31-25-114-8)17-18-87-64-89(73-96(71-87)103(110)134-57-51-128-45-39-122-33-27-116-10)21-22-91-75-98(78-99(106)77-91)105(112)136-59-53-130-47-41-124-35-29-118-12/h61-81H,24-59H2,1-12H3. The van der Waals surface area contributed by atoms with Gasteiger partial charge in [-0.05, 0) is 148 Å². The Morgan fingerprint density at radius 1 is 0.204 bits per heavy atom. The molecule has 0 unspecified atom stereocenters. The van der Waals surface area contributed by atoms with E-state index in [1.165, 1.54) is 30.3 Å². The second-order valence-corrected chi connectivity index (χ2v) is 37.6. The molecule has 0 saturated carbocycles. The van der Waals surface area contributed by atoms with E-state index in [9.17, 15) is 28.8 Å². The van der Waals surface area contributed by atoms with Gasteiger partial charge in [-0.3, -0.25) is 0 Å². The van der Waals surface area contributed by atoms with E-state index in [2.05, 4.69) is 135 Å². The van der Waals surface area contributed by atoms with Gasteiger partial charge >= 0.3 is 35.8 Å². The van der Waals surface area contributed by atoms with Crippen LogP contribution >= 0.6 is 22.6 Å². The molecule has 6 aromatic rings. The maximum absolute atomic E-state index is 14.3. The average Bonchev–Trinajstić information content (AvgIpc) is 0.795. The van der Waals surface area contributed by atoms with Crippen LogP contribution in [0.15, 0.2) is 109 Å². The van der Waals surface area contributed by atoms with Gasteiger partial charge in [-0.15, -0.1) is 5.54 Å². The van der Waals surface area contributed by atoms with Gasteiger partial charge in [-0.1, -0.05) is 107 Å². The Morgan fingerprint density at radius 3 is 0.504 bits per heavy atom. The van der Waals surface area contributed by atoms with E-state index in [4.69, 9.17) is 114 Å². The molecule has 0 amide bonds. The Morgan fingerprint density at radius 2 is 0.343 bits per heavy atom. The minimum atomic E-state index is -2.29. The van der Waals surface area contributed by atoms with Crippen LogP contribution in [0.4, 0.5) is 0 Å². The summed E-state index contributed by atoms with van der Waals surface area (Å²) >= 11 is 2.09. The van der Waals surface area contributed by atoms with Crippen molar-refractivity contribution in [3.8, 4) is 70.7 Å². The number of halogens is 1. The second kappa shape index (κ2) is 70.4. The number of benzene rings is 6. The summed E-state index contributed by atoms with van der Waals surface area (Å²) in [6.07, 6.45) is 0. The van der Waals surface area contributed by atoms with E-state index in [1.54, 1.807) is 115 Å². The number of rotatable bonds is 63. The first-order valence-electron chi connectivity index (χ1n) is 45.2. The van der Waals surface area contributed by atoms with Crippen LogP contribution < -0.4 is 0 Å². The summed E-state index contributed by atoms with van der Waals surface area (Å²) < 4.78 is 132. The molecule has 0 radical (unpaired) electrons. The summed E-state index contributed by atoms with van der Waals surface area (Å²) in [4.78, 5) is 84.0. The summed E-state index contributed by atoms with van der Waals surface area (Å²) in [5.41, 5.74) is 9.34. The molecule has 0 aliphatic carbocycles. The fourth-order valence-electron chi connectivity index (χ4n) is 13.0. The summed E-state index contributed by atoms with van der Waals surface area (Å²) in [5.74, 6) is 31.1. The molecule has 0 aliphatic heterocycles. The Labute approximate surface area is 820 Å². The second-order valence-electron chi connectivity index (χ2n) is 30.7. The number of esters is 6. The van der Waals surface area contributed by atoms with Crippen molar-refractivity contribution in [1.29, 1.82) is 0 Å². The monoisotopic (exact) mass is 2020 g/mol. The zero-order valence-corrected chi connectivity index (χ0v) is 83.9. The maximum atomic E-state index is 14.3. The molecule has 0 heterocycles. The quantitative estimate of drug-likeness (QED) is 0.00855. The van der Waals surface area contributed by atoms with Crippen molar-refractivity contribution < 1.29 is 142 Å². The molecule has 0 bridgehead atoms. The van der Waals surface area contributed by atoms with Crippen molar-refractivity contribution in [2.24, 2.45) is 0 Å². The van der Waals surface area contributed by atoms with Crippen LogP contribution in [0.2, 0.25) is 16.6 Å². The van der Waals surface area contributed by atoms with E-state index in [0.717, 1.165) is 0 Å². The van der Waals surface area contributed by atoms with Crippen molar-refractivity contribution in [2.45, 2.75) is 58.2 Å². The lowest BCUT2D eigenvalue weighted by Gasteiger charge is -2.38. The van der Waals surface area contributed by atoms with Crippen molar-refractivity contribution in [3.05, 3.63) is 207 Å². The van der Waals surface area contributed by atoms with Crippen LogP contribution in [0.5, 0.6) is 0 Å². The Balaban J connectivity index is 1.48. The van der Waals surface area contributed by atoms with E-state index in [1.807, 2.05) is 6.07 Å². The topological polar surface area (TPSA) is 324 Å². The van der Waals surface area contributed by atoms with Gasteiger partial charge in [0.2, 0.25) is 0 Å². The summed E-state index contributed by atoms with van der Waals surface area (Å²) in [5, 5.41) is 0. The third-order valence-corrected chi connectivity index (χ3v) is 26.5. The summed E-state index contributed by atoms with van der Waals surface area (Å²) in [6.45, 7) is 21.7. The lowest BCUT2D eigenvalue weighted by atomic mass is 10.0. The van der Waals surface area contributed by atoms with Crippen molar-refractivity contribution in [3.63, 3.8) is 0 Å². The highest BCUT2D eigenvalue weighted by atomic mass is 127. The predicted molar refractivity (Wildman–Crippen MR) is 522 cm³/mol. The average molecular weight is 2030 g/mol. The van der Waals surface area contributed by atoms with E-state index in [-0.39, 0.29) is 175 Å². The molecule has 0 N–H and O–H groups in total. The zero-order chi connectivity index (χ0) is 98.7. The van der Waals surface area contributed by atoms with Gasteiger partial charge in [-0.25, -0.2) is 28.8 Å². The third kappa shape index (κ3) is 47.8. The molecule has 32 heteroatoms. The number of carbonyl (C=O) groups is 6. The number of hydrogen-bond donors (Lipinski definition) is 0. The van der Waals surface area contributed by atoms with Gasteiger partial charge in [0.15, 0.2) is 0 Å². The minimum absolute atomic E-state index is 0.00207. The first-order valence-corrected chi connectivity index (χ1v) is 48.5. The molecule has 0 saturated heterocycles. The molecule has 0 aromatic heterocycles. The first-order chi connectivity index (χ1) is 66.6. The fraction of sp³-hybridized carbons (Fsp3) is 0.486. The van der Waals surface area contributed by atoms with Crippen LogP contribution in [0.25, 0.3) is 0 Å². The molecule has 6 rings (SSSR count). The van der Waals surface area contributed by atoms with Gasteiger partial charge in [0.05, 0.1) is 232 Å². The van der Waals surface area contributed by atoms with E-state index < -0.39 is 43.9 Å². The number of hydrogen-bond acceptors (Lipinski definition) is 30. The number of carbonyl (C=O) groups excluding carboxylic acids is 6. The molecule has 0 spiro atoms. The van der Waals surface area contributed by atoms with Crippen LogP contribution in [0.1, 0.15) is 165 Å². The van der Waals surface area contributed by atoms with Crippen LogP contribution in [-0.4, -0.2) is 324 Å². The SMILES string of the molecule is COCCOCCOCCOC(=O)c1cc(I)cc(C#Cc2cc(C#Cc3cc(C#Cc4cc(C#Cc5cc(C#Cc6cc(C#C[Si](C(C)C)(C(C)C)C(C)C)cc(C(=O)OCCOCCOCCOC)c6)cc(C(=O)OCCOCCOCCOC)c5)cc(C(=O)OCCOCCOCCOC)c4)cc(C(=O)OCCOCCOCCOC)c3)cc(C(=O)OCCOCCOCCOC)c2)c1. The normalized spacial score (nSPS) is 10.9. The van der Waals surface area contributed by atoms with E-state index in [0.29, 0.717) is 178 Å². The zero-order valence-electron chi connectivity index (χ0n) is 80.7. The fourth-order valence-corrected chi connectivity index (χ4v) is 18.9. The molecule has 0 aliphatic rings. The highest BCUT2D eigenvalue weighted by molar-refractivity contribution is 14.1. The lowest BCUT2D eigenvalue weighted by molar-refractivity contribution is 0.00552. The van der Waals surface area contributed by atoms with Gasteiger partial charge in [0.25, 0.3) is 0 Å². The molecule has 6 aromatic carbocycles. The van der Waals surface area contributed by atoms with Gasteiger partial charge < -0.3 is 114 Å². The van der Waals surface area contributed by atoms with Gasteiger partial charge in [0.1, 0.15) is 47.7 Å². The number of methoxy groups -OCH3 is 6. The number of ether oxygens (including phenoxy) is 24. The third-order valence-electron chi connectivity index (χ3n) is 19.6. The highest BCUT2D eigenvalue weighted by Gasteiger charge is 2.42. The Bertz CT molecular complexity index is 5070. The van der Waals surface area contributed by atoms with Crippen molar-refractivity contribution in [2.75, 3.05) is 281 Å². The Kier molecular flexibility index (Phi) is 59.3. The summed E-state index contributed by atoms with van der Waals surface area (Å²) in [7, 11) is 7.20. The lowest BCUT2D eigenvalue weighted by Crippen LogP contribution is -2.43. The molecule has 0 fully saturated rings. The molecule has 0 atom stereocenters. The van der Waals surface area contributed by atoms with Crippen LogP contribution in [-0.2, 0) is 114 Å². The Hall–Kier alpha value is -10.3. The van der Waals surface area contributed by atoms with E-state index >= 15 is 0 Å². The molecular formula is C105H129IO30Si. The maximum Gasteiger partial charge on any atom is 0.338 e. The molecular weight excluding hydrogens is 1900 g/mol. The largest absolute Gasteiger partial charge is 0.460 e. The first kappa shape index (κ1) is 115. The summed E-state index contributed by atoms with van der Waals surface area (Å²) in [6, 6.07) is 29.2. The molecule has 137 heavy (non-hydrogen) atoms. The minimum Gasteiger partial charge on any atom is -0.460 e. The predicted octanol–water partition coefficient (Wildman–Crippen LogP) is 11.9. The van der Waals surface area contributed by atoms with Gasteiger partial charge in [-0.2, -0.15) is 0 Å². The van der Waals surface area contributed by atoms with Crippen molar-refractivity contribution >= 4 is 66.5 Å². The molecule has 740 valence electrons. The van der Waals surface area contributed by atoms with Crippen LogP contribution in [0, 0.1) is 74.2 Å². The van der Waals surface area contributed by atoms with Gasteiger partial charge in [0, 0.05) is 107 Å². The van der Waals surface area contributed by atoms with Crippen LogP contribution in [0.3, 0.4) is 0 Å². The van der Waals surface area contributed by atoms with Crippen molar-refractivity contribution in [1.82, 2.24) is 0 Å². The highest BCUT2D eigenvalue weighted by Crippen LogP contribution is 2.41. The smallest absolute Gasteiger partial charge is 0.338 e.